The van der Waals surface area contributed by atoms with E-state index in [4.69, 9.17) is 9.15 Å². The monoisotopic (exact) mass is 345 g/mol. The molecule has 0 aliphatic heterocycles. The highest BCUT2D eigenvalue weighted by molar-refractivity contribution is 9.10. The highest BCUT2D eigenvalue weighted by Gasteiger charge is 2.23. The number of hydrogen-bond donors (Lipinski definition) is 1. The molecular formula is C12H9BrFNO5. The molecule has 1 heterocycles. The lowest BCUT2D eigenvalue weighted by molar-refractivity contribution is -0.402. The number of rotatable bonds is 4. The molecule has 1 aromatic heterocycles. The van der Waals surface area contributed by atoms with Crippen LogP contribution in [0.4, 0.5) is 10.3 Å². The van der Waals surface area contributed by atoms with Gasteiger partial charge in [-0.05, 0) is 28.1 Å². The summed E-state index contributed by atoms with van der Waals surface area (Å²) in [7, 11) is 1.32. The Morgan fingerprint density at radius 3 is 2.75 bits per heavy atom. The number of aliphatic hydroxyl groups excluding tert-OH is 1. The number of furan rings is 1. The molecule has 0 saturated heterocycles. The van der Waals surface area contributed by atoms with Crippen molar-refractivity contribution in [2.75, 3.05) is 7.11 Å². The third-order valence-electron chi connectivity index (χ3n) is 2.63. The van der Waals surface area contributed by atoms with Gasteiger partial charge in [-0.25, -0.2) is 4.39 Å². The van der Waals surface area contributed by atoms with E-state index in [2.05, 4.69) is 15.9 Å². The highest BCUT2D eigenvalue weighted by Crippen LogP contribution is 2.35. The van der Waals surface area contributed by atoms with Gasteiger partial charge in [-0.3, -0.25) is 10.1 Å². The Morgan fingerprint density at radius 1 is 1.50 bits per heavy atom. The van der Waals surface area contributed by atoms with E-state index in [-0.39, 0.29) is 21.5 Å². The van der Waals surface area contributed by atoms with Crippen LogP contribution < -0.4 is 4.74 Å². The minimum atomic E-state index is -1.31. The van der Waals surface area contributed by atoms with Crippen molar-refractivity contribution >= 4 is 21.8 Å². The average Bonchev–Trinajstić information content (AvgIpc) is 2.90. The van der Waals surface area contributed by atoms with Crippen molar-refractivity contribution < 1.29 is 23.6 Å². The van der Waals surface area contributed by atoms with E-state index < -0.39 is 22.7 Å². The second-order valence-corrected chi connectivity index (χ2v) is 4.70. The Kier molecular flexibility index (Phi) is 4.05. The maximum Gasteiger partial charge on any atom is 0.433 e. The van der Waals surface area contributed by atoms with Gasteiger partial charge in [0, 0.05) is 11.6 Å². The lowest BCUT2D eigenvalue weighted by Gasteiger charge is -2.13. The molecule has 0 aliphatic rings. The molecule has 1 N–H and O–H groups in total. The summed E-state index contributed by atoms with van der Waals surface area (Å²) < 4.78 is 23.4. The largest absolute Gasteiger partial charge is 0.496 e. The summed E-state index contributed by atoms with van der Waals surface area (Å²) in [4.78, 5) is 9.83. The lowest BCUT2D eigenvalue weighted by atomic mass is 10.1. The van der Waals surface area contributed by atoms with Crippen molar-refractivity contribution in [3.05, 3.63) is 56.0 Å². The first kappa shape index (κ1) is 14.5. The molecule has 8 heteroatoms. The van der Waals surface area contributed by atoms with Crippen molar-refractivity contribution in [1.29, 1.82) is 0 Å². The zero-order valence-electron chi connectivity index (χ0n) is 10.2. The van der Waals surface area contributed by atoms with Gasteiger partial charge < -0.3 is 14.3 Å². The molecule has 2 rings (SSSR count). The van der Waals surface area contributed by atoms with E-state index in [1.165, 1.54) is 19.2 Å². The third kappa shape index (κ3) is 2.66. The maximum absolute atomic E-state index is 13.4. The summed E-state index contributed by atoms with van der Waals surface area (Å²) in [6, 6.07) is 4.83. The molecule has 6 nitrogen and oxygen atoms in total. The molecule has 0 fully saturated rings. The normalized spacial score (nSPS) is 12.2. The van der Waals surface area contributed by atoms with Crippen LogP contribution >= 0.6 is 15.9 Å². The Balaban J connectivity index is 2.43. The van der Waals surface area contributed by atoms with Crippen LogP contribution in [0.15, 0.2) is 33.2 Å². The lowest BCUT2D eigenvalue weighted by Crippen LogP contribution is -2.02. The molecule has 106 valence electrons. The van der Waals surface area contributed by atoms with Crippen molar-refractivity contribution in [2.24, 2.45) is 0 Å². The number of nitrogens with zero attached hydrogens (tertiary/aromatic N) is 1. The molecule has 0 saturated carbocycles. The van der Waals surface area contributed by atoms with Gasteiger partial charge in [0.05, 0.1) is 17.6 Å². The smallest absolute Gasteiger partial charge is 0.433 e. The summed E-state index contributed by atoms with van der Waals surface area (Å²) in [6.45, 7) is 0. The zero-order valence-corrected chi connectivity index (χ0v) is 11.8. The van der Waals surface area contributed by atoms with E-state index in [1.807, 2.05) is 0 Å². The Labute approximate surface area is 121 Å². The molecule has 2 aromatic rings. The van der Waals surface area contributed by atoms with Crippen LogP contribution in [0.2, 0.25) is 0 Å². The molecule has 0 amide bonds. The Hall–Kier alpha value is -1.93. The molecule has 0 aliphatic carbocycles. The van der Waals surface area contributed by atoms with Crippen molar-refractivity contribution in [3.63, 3.8) is 0 Å². The molecule has 0 bridgehead atoms. The van der Waals surface area contributed by atoms with Crippen LogP contribution in [0, 0.1) is 15.9 Å². The van der Waals surface area contributed by atoms with Gasteiger partial charge >= 0.3 is 5.88 Å². The second kappa shape index (κ2) is 5.59. The van der Waals surface area contributed by atoms with Crippen LogP contribution in [0.3, 0.4) is 0 Å². The number of benzene rings is 1. The fraction of sp³-hybridized carbons (Fsp3) is 0.167. The van der Waals surface area contributed by atoms with Crippen LogP contribution in [0.1, 0.15) is 17.4 Å². The number of nitro groups is 1. The topological polar surface area (TPSA) is 85.7 Å². The fourth-order valence-electron chi connectivity index (χ4n) is 1.67. The van der Waals surface area contributed by atoms with E-state index >= 15 is 0 Å². The highest BCUT2D eigenvalue weighted by atomic mass is 79.9. The molecule has 20 heavy (non-hydrogen) atoms. The Morgan fingerprint density at radius 2 is 2.20 bits per heavy atom. The minimum Gasteiger partial charge on any atom is -0.496 e. The van der Waals surface area contributed by atoms with Gasteiger partial charge in [-0.1, -0.05) is 0 Å². The molecular weight excluding hydrogens is 337 g/mol. The minimum absolute atomic E-state index is 0.0338. The molecule has 0 spiro atoms. The summed E-state index contributed by atoms with van der Waals surface area (Å²) in [5, 5.41) is 20.7. The zero-order chi connectivity index (χ0) is 14.9. The van der Waals surface area contributed by atoms with E-state index in [0.29, 0.717) is 0 Å². The molecule has 1 unspecified atom stereocenters. The van der Waals surface area contributed by atoms with Gasteiger partial charge in [0.15, 0.2) is 0 Å². The third-order valence-corrected chi connectivity index (χ3v) is 3.24. The predicted octanol–water partition coefficient (Wildman–Crippen LogP) is 3.18. The SMILES string of the molecule is COc1cc(F)c(Br)cc1C(O)c1ccc([N+](=O)[O-])o1. The molecule has 1 aromatic carbocycles. The number of ether oxygens (including phenoxy) is 1. The van der Waals surface area contributed by atoms with Gasteiger partial charge in [0.2, 0.25) is 0 Å². The first-order valence-electron chi connectivity index (χ1n) is 5.39. The Bertz CT molecular complexity index is 657. The number of aliphatic hydroxyl groups is 1. The number of halogens is 2. The van der Waals surface area contributed by atoms with E-state index in [0.717, 1.165) is 12.1 Å². The summed E-state index contributed by atoms with van der Waals surface area (Å²) >= 11 is 3.00. The first-order valence-corrected chi connectivity index (χ1v) is 6.18. The maximum atomic E-state index is 13.4. The average molecular weight is 346 g/mol. The van der Waals surface area contributed by atoms with E-state index in [9.17, 15) is 19.6 Å². The molecule has 0 radical (unpaired) electrons. The van der Waals surface area contributed by atoms with E-state index in [1.54, 1.807) is 0 Å². The van der Waals surface area contributed by atoms with Crippen molar-refractivity contribution in [2.45, 2.75) is 6.10 Å². The molecule has 1 atom stereocenters. The van der Waals surface area contributed by atoms with Crippen LogP contribution in [-0.4, -0.2) is 17.1 Å². The fourth-order valence-corrected chi connectivity index (χ4v) is 2.04. The standard InChI is InChI=1S/C12H9BrFNO5/c1-19-10-5-8(14)7(13)4-6(10)12(16)9-2-3-11(20-9)15(17)18/h2-5,12,16H,1H3. The summed E-state index contributed by atoms with van der Waals surface area (Å²) in [5.41, 5.74) is 0.227. The second-order valence-electron chi connectivity index (χ2n) is 3.84. The number of methoxy groups -OCH3 is 1. The van der Waals surface area contributed by atoms with Crippen LogP contribution in [0.25, 0.3) is 0 Å². The van der Waals surface area contributed by atoms with Gasteiger partial charge in [0.25, 0.3) is 0 Å². The van der Waals surface area contributed by atoms with Gasteiger partial charge in [-0.15, -0.1) is 0 Å². The summed E-state index contributed by atoms with van der Waals surface area (Å²) in [6.07, 6.45) is -1.31. The van der Waals surface area contributed by atoms with Crippen LogP contribution in [0.5, 0.6) is 5.75 Å². The van der Waals surface area contributed by atoms with Crippen molar-refractivity contribution in [3.8, 4) is 5.75 Å². The number of hydrogen-bond acceptors (Lipinski definition) is 5. The summed E-state index contributed by atoms with van der Waals surface area (Å²) in [5.74, 6) is -0.965. The van der Waals surface area contributed by atoms with Crippen molar-refractivity contribution in [1.82, 2.24) is 0 Å². The predicted molar refractivity (Wildman–Crippen MR) is 70.1 cm³/mol. The quantitative estimate of drug-likeness (QED) is 0.679. The first-order chi connectivity index (χ1) is 9.43. The van der Waals surface area contributed by atoms with Crippen LogP contribution in [-0.2, 0) is 0 Å². The van der Waals surface area contributed by atoms with Gasteiger partial charge in [-0.2, -0.15) is 0 Å². The van der Waals surface area contributed by atoms with Gasteiger partial charge in [0.1, 0.15) is 28.4 Å².